The van der Waals surface area contributed by atoms with Crippen LogP contribution in [0.4, 0.5) is 4.39 Å². The zero-order chi connectivity index (χ0) is 17.5. The van der Waals surface area contributed by atoms with Crippen molar-refractivity contribution >= 4 is 23.0 Å². The van der Waals surface area contributed by atoms with Crippen molar-refractivity contribution in [2.75, 3.05) is 0 Å². The molecular weight excluding hydrogens is 327 g/mol. The summed E-state index contributed by atoms with van der Waals surface area (Å²) in [4.78, 5) is 28.5. The number of carbonyl (C=O) groups is 2. The van der Waals surface area contributed by atoms with Crippen LogP contribution in [0, 0.1) is 11.7 Å². The Bertz CT molecular complexity index is 686. The Labute approximate surface area is 145 Å². The maximum absolute atomic E-state index is 13.6. The summed E-state index contributed by atoms with van der Waals surface area (Å²) in [5.74, 6) is -0.735. The molecule has 1 heterocycles. The molecule has 0 bridgehead atoms. The van der Waals surface area contributed by atoms with E-state index in [1.165, 1.54) is 29.5 Å². The highest BCUT2D eigenvalue weighted by atomic mass is 32.1. The molecule has 6 heteroatoms. The van der Waals surface area contributed by atoms with Gasteiger partial charge in [-0.1, -0.05) is 26.0 Å². The van der Waals surface area contributed by atoms with Crippen molar-refractivity contribution in [3.63, 3.8) is 0 Å². The fraction of sp³-hybridized carbons (Fsp3) is 0.389. The molecule has 1 atom stereocenters. The predicted octanol–water partition coefficient (Wildman–Crippen LogP) is 4.15. The average Bonchev–Trinajstić information content (AvgIpc) is 3.06. The molecule has 0 fully saturated rings. The molecule has 0 aliphatic heterocycles. The van der Waals surface area contributed by atoms with Gasteiger partial charge in [-0.2, -0.15) is 0 Å². The van der Waals surface area contributed by atoms with Crippen molar-refractivity contribution in [3.05, 3.63) is 52.2 Å². The van der Waals surface area contributed by atoms with Crippen LogP contribution in [0.25, 0.3) is 0 Å². The summed E-state index contributed by atoms with van der Waals surface area (Å²) in [6.45, 7) is 4.16. The number of ketones is 1. The van der Waals surface area contributed by atoms with E-state index in [0.717, 1.165) is 11.4 Å². The number of aromatic nitrogens is 1. The van der Waals surface area contributed by atoms with E-state index in [9.17, 15) is 14.0 Å². The second-order valence-corrected chi connectivity index (χ2v) is 6.95. The van der Waals surface area contributed by atoms with Gasteiger partial charge in [-0.05, 0) is 24.5 Å². The van der Waals surface area contributed by atoms with Gasteiger partial charge in [0, 0.05) is 24.4 Å². The molecule has 0 saturated heterocycles. The highest BCUT2D eigenvalue weighted by Gasteiger charge is 2.19. The zero-order valence-electron chi connectivity index (χ0n) is 13.8. The number of carbonyl (C=O) groups excluding carboxylic acids is 2. The van der Waals surface area contributed by atoms with E-state index in [0.29, 0.717) is 5.92 Å². The maximum Gasteiger partial charge on any atom is 0.221 e. The number of rotatable bonds is 8. The Morgan fingerprint density at radius 1 is 1.25 bits per heavy atom. The van der Waals surface area contributed by atoms with E-state index >= 15 is 0 Å². The first-order chi connectivity index (χ1) is 11.5. The van der Waals surface area contributed by atoms with Crippen LogP contribution < -0.4 is 5.32 Å². The third kappa shape index (κ3) is 5.23. The molecule has 4 nitrogen and oxygen atoms in total. The highest BCUT2D eigenvalue weighted by molar-refractivity contribution is 7.09. The second kappa shape index (κ2) is 8.68. The van der Waals surface area contributed by atoms with Gasteiger partial charge < -0.3 is 5.32 Å². The monoisotopic (exact) mass is 348 g/mol. The predicted molar refractivity (Wildman–Crippen MR) is 92.4 cm³/mol. The fourth-order valence-corrected chi connectivity index (χ4v) is 3.12. The van der Waals surface area contributed by atoms with Gasteiger partial charge in [0.1, 0.15) is 10.8 Å². The maximum atomic E-state index is 13.6. The minimum absolute atomic E-state index is 0.0148. The largest absolute Gasteiger partial charge is 0.347 e. The third-order valence-corrected chi connectivity index (χ3v) is 4.43. The molecule has 1 aromatic carbocycles. The van der Waals surface area contributed by atoms with Crippen LogP contribution in [0.2, 0.25) is 0 Å². The van der Waals surface area contributed by atoms with E-state index in [2.05, 4.69) is 24.1 Å². The molecule has 2 aromatic rings. The van der Waals surface area contributed by atoms with Crippen molar-refractivity contribution in [2.24, 2.45) is 5.92 Å². The van der Waals surface area contributed by atoms with Gasteiger partial charge >= 0.3 is 0 Å². The summed E-state index contributed by atoms with van der Waals surface area (Å²) >= 11 is 1.50. The van der Waals surface area contributed by atoms with Crippen molar-refractivity contribution in [1.82, 2.24) is 10.3 Å². The lowest BCUT2D eigenvalue weighted by Crippen LogP contribution is -2.29. The van der Waals surface area contributed by atoms with Crippen molar-refractivity contribution in [3.8, 4) is 0 Å². The summed E-state index contributed by atoms with van der Waals surface area (Å²) in [6, 6.07) is 5.67. The van der Waals surface area contributed by atoms with Crippen LogP contribution in [0.15, 0.2) is 35.8 Å². The van der Waals surface area contributed by atoms with Crippen molar-refractivity contribution < 1.29 is 14.0 Å². The molecule has 128 valence electrons. The lowest BCUT2D eigenvalue weighted by atomic mass is 10.0. The molecular formula is C18H21FN2O2S. The molecule has 1 amide bonds. The first kappa shape index (κ1) is 18.3. The third-order valence-electron chi connectivity index (χ3n) is 3.55. The van der Waals surface area contributed by atoms with Gasteiger partial charge in [0.2, 0.25) is 5.91 Å². The Kier molecular flexibility index (Phi) is 6.61. The summed E-state index contributed by atoms with van der Waals surface area (Å²) in [6.07, 6.45) is 2.51. The van der Waals surface area contributed by atoms with E-state index < -0.39 is 5.82 Å². The van der Waals surface area contributed by atoms with E-state index in [1.54, 1.807) is 12.3 Å². The standard InChI is InChI=1S/C18H21FN2O2S/c1-12(2)11-15(18-20-9-10-24-18)21-17(23)8-7-16(22)13-5-3-4-6-14(13)19/h3-6,9-10,12,15H,7-8,11H2,1-2H3,(H,21,23). The molecule has 24 heavy (non-hydrogen) atoms. The van der Waals surface area contributed by atoms with Gasteiger partial charge in [0.15, 0.2) is 5.78 Å². The number of benzene rings is 1. The Balaban J connectivity index is 1.91. The lowest BCUT2D eigenvalue weighted by Gasteiger charge is -2.18. The van der Waals surface area contributed by atoms with Gasteiger partial charge in [-0.15, -0.1) is 11.3 Å². The number of hydrogen-bond donors (Lipinski definition) is 1. The highest BCUT2D eigenvalue weighted by Crippen LogP contribution is 2.23. The topological polar surface area (TPSA) is 59.1 Å². The molecule has 0 radical (unpaired) electrons. The number of Topliss-reactive ketones (excluding diaryl/α,β-unsaturated/α-hetero) is 1. The molecule has 1 unspecified atom stereocenters. The number of nitrogens with zero attached hydrogens (tertiary/aromatic N) is 1. The van der Waals surface area contributed by atoms with E-state index in [4.69, 9.17) is 0 Å². The van der Waals surface area contributed by atoms with E-state index in [-0.39, 0.29) is 36.1 Å². The smallest absolute Gasteiger partial charge is 0.221 e. The van der Waals surface area contributed by atoms with E-state index in [1.807, 2.05) is 5.38 Å². The first-order valence-electron chi connectivity index (χ1n) is 7.94. The van der Waals surface area contributed by atoms with Gasteiger partial charge in [0.25, 0.3) is 0 Å². The van der Waals surface area contributed by atoms with Crippen LogP contribution in [0.1, 0.15) is 54.5 Å². The average molecular weight is 348 g/mol. The number of amides is 1. The van der Waals surface area contributed by atoms with Gasteiger partial charge in [-0.3, -0.25) is 9.59 Å². The van der Waals surface area contributed by atoms with Crippen LogP contribution in [-0.4, -0.2) is 16.7 Å². The normalized spacial score (nSPS) is 12.2. The Morgan fingerprint density at radius 2 is 2.00 bits per heavy atom. The van der Waals surface area contributed by atoms with Crippen molar-refractivity contribution in [1.29, 1.82) is 0 Å². The summed E-state index contributed by atoms with van der Waals surface area (Å²) < 4.78 is 13.6. The zero-order valence-corrected chi connectivity index (χ0v) is 14.6. The molecule has 1 aromatic heterocycles. The van der Waals surface area contributed by atoms with Crippen molar-refractivity contribution in [2.45, 2.75) is 39.2 Å². The minimum atomic E-state index is -0.552. The molecule has 2 rings (SSSR count). The SMILES string of the molecule is CC(C)CC(NC(=O)CCC(=O)c1ccccc1F)c1nccs1. The summed E-state index contributed by atoms with van der Waals surface area (Å²) in [5, 5.41) is 5.67. The molecule has 0 saturated carbocycles. The first-order valence-corrected chi connectivity index (χ1v) is 8.81. The second-order valence-electron chi connectivity index (χ2n) is 6.02. The number of thiazole rings is 1. The number of halogens is 1. The number of hydrogen-bond acceptors (Lipinski definition) is 4. The van der Waals surface area contributed by atoms with Crippen LogP contribution in [0.3, 0.4) is 0 Å². The van der Waals surface area contributed by atoms with Crippen LogP contribution in [-0.2, 0) is 4.79 Å². The Morgan fingerprint density at radius 3 is 2.62 bits per heavy atom. The lowest BCUT2D eigenvalue weighted by molar-refractivity contribution is -0.121. The molecule has 1 N–H and O–H groups in total. The van der Waals surface area contributed by atoms with Crippen LogP contribution in [0.5, 0.6) is 0 Å². The molecule has 0 spiro atoms. The van der Waals surface area contributed by atoms with Gasteiger partial charge in [-0.25, -0.2) is 9.37 Å². The van der Waals surface area contributed by atoms with Crippen LogP contribution >= 0.6 is 11.3 Å². The minimum Gasteiger partial charge on any atom is -0.347 e. The Hall–Kier alpha value is -2.08. The molecule has 0 aliphatic rings. The molecule has 0 aliphatic carbocycles. The summed E-state index contributed by atoms with van der Waals surface area (Å²) in [5.41, 5.74) is 0.0314. The quantitative estimate of drug-likeness (QED) is 0.729. The fourth-order valence-electron chi connectivity index (χ4n) is 2.42. The number of nitrogens with one attached hydrogen (secondary N) is 1. The van der Waals surface area contributed by atoms with Gasteiger partial charge in [0.05, 0.1) is 11.6 Å². The summed E-state index contributed by atoms with van der Waals surface area (Å²) in [7, 11) is 0.